The lowest BCUT2D eigenvalue weighted by molar-refractivity contribution is 0.104. The lowest BCUT2D eigenvalue weighted by Gasteiger charge is -2.17. The second-order valence-corrected chi connectivity index (χ2v) is 5.50. The number of hydrogen-bond donors (Lipinski definition) is 0. The lowest BCUT2D eigenvalue weighted by Crippen LogP contribution is -2.19. The first-order valence-corrected chi connectivity index (χ1v) is 6.42. The topological polar surface area (TPSA) is 12.5 Å². The molecule has 102 valence electrons. The standard InChI is InChI=1S/C12H17ClF2NOP/c1-8-6-9(12(14,15)18)10(13)7-11(8)17-5-4-16(2)3/h6-7H,4-5,18H2,1-3H3. The summed E-state index contributed by atoms with van der Waals surface area (Å²) in [5.41, 5.74) is -2.58. The van der Waals surface area contributed by atoms with Crippen LogP contribution in [0.2, 0.25) is 5.02 Å². The van der Waals surface area contributed by atoms with Crippen molar-refractivity contribution in [1.82, 2.24) is 4.90 Å². The Morgan fingerprint density at radius 3 is 2.50 bits per heavy atom. The number of benzene rings is 1. The Labute approximate surface area is 113 Å². The highest BCUT2D eigenvalue weighted by Gasteiger charge is 2.28. The molecule has 1 rings (SSSR count). The van der Waals surface area contributed by atoms with Gasteiger partial charge < -0.3 is 9.64 Å². The molecule has 0 aliphatic heterocycles. The minimum Gasteiger partial charge on any atom is -0.492 e. The van der Waals surface area contributed by atoms with Gasteiger partial charge in [0, 0.05) is 12.1 Å². The summed E-state index contributed by atoms with van der Waals surface area (Å²) in [7, 11) is 5.35. The first-order chi connectivity index (χ1) is 8.21. The van der Waals surface area contributed by atoms with Crippen LogP contribution >= 0.6 is 20.8 Å². The van der Waals surface area contributed by atoms with Gasteiger partial charge in [-0.1, -0.05) is 20.8 Å². The van der Waals surface area contributed by atoms with E-state index in [-0.39, 0.29) is 10.6 Å². The van der Waals surface area contributed by atoms with E-state index in [2.05, 4.69) is 0 Å². The Kier molecular flexibility index (Phi) is 5.32. The van der Waals surface area contributed by atoms with Crippen molar-refractivity contribution in [3.8, 4) is 5.75 Å². The largest absolute Gasteiger partial charge is 0.492 e. The molecule has 1 aromatic rings. The minimum absolute atomic E-state index is 0.0143. The number of nitrogens with zero attached hydrogens (tertiary/aromatic N) is 1. The maximum absolute atomic E-state index is 13.2. The van der Waals surface area contributed by atoms with Gasteiger partial charge in [-0.25, -0.2) is 0 Å². The highest BCUT2D eigenvalue weighted by atomic mass is 35.5. The van der Waals surface area contributed by atoms with Crippen molar-refractivity contribution in [2.45, 2.75) is 12.6 Å². The first kappa shape index (κ1) is 15.6. The van der Waals surface area contributed by atoms with Gasteiger partial charge in [0.15, 0.2) is 0 Å². The molecule has 0 aliphatic carbocycles. The van der Waals surface area contributed by atoms with Gasteiger partial charge in [-0.05, 0) is 38.7 Å². The summed E-state index contributed by atoms with van der Waals surface area (Å²) >= 11 is 5.84. The highest BCUT2D eigenvalue weighted by Crippen LogP contribution is 2.41. The molecule has 0 bridgehead atoms. The number of likely N-dealkylation sites (N-methyl/N-ethyl adjacent to an activating group) is 1. The van der Waals surface area contributed by atoms with Crippen LogP contribution in [0.15, 0.2) is 12.1 Å². The van der Waals surface area contributed by atoms with E-state index in [1.54, 1.807) is 6.92 Å². The molecule has 0 fully saturated rings. The number of alkyl halides is 2. The van der Waals surface area contributed by atoms with Gasteiger partial charge in [0.2, 0.25) is 0 Å². The number of aryl methyl sites for hydroxylation is 1. The molecule has 0 saturated heterocycles. The third-order valence-electron chi connectivity index (χ3n) is 2.42. The molecular weight excluding hydrogens is 279 g/mol. The van der Waals surface area contributed by atoms with Crippen LogP contribution in [0.1, 0.15) is 11.1 Å². The summed E-state index contributed by atoms with van der Waals surface area (Å²) in [6, 6.07) is 2.81. The van der Waals surface area contributed by atoms with Crippen LogP contribution in [0.5, 0.6) is 5.75 Å². The minimum atomic E-state index is -3.02. The Balaban J connectivity index is 2.87. The van der Waals surface area contributed by atoms with Crippen LogP contribution in [-0.2, 0) is 5.66 Å². The number of rotatable bonds is 5. The predicted octanol–water partition coefficient (Wildman–Crippen LogP) is 3.51. The summed E-state index contributed by atoms with van der Waals surface area (Å²) in [6.07, 6.45) is 0. The summed E-state index contributed by atoms with van der Waals surface area (Å²) in [6.45, 7) is 2.96. The average Bonchev–Trinajstić information content (AvgIpc) is 2.20. The molecule has 18 heavy (non-hydrogen) atoms. The Hall–Kier alpha value is -0.440. The fraction of sp³-hybridized carbons (Fsp3) is 0.500. The molecule has 0 spiro atoms. The van der Waals surface area contributed by atoms with Crippen molar-refractivity contribution in [3.63, 3.8) is 0 Å². The molecule has 0 aliphatic rings. The van der Waals surface area contributed by atoms with Crippen LogP contribution in [0.4, 0.5) is 8.78 Å². The number of halogens is 3. The fourth-order valence-electron chi connectivity index (χ4n) is 1.41. The molecular formula is C12H17ClF2NOP. The van der Waals surface area contributed by atoms with Gasteiger partial charge in [-0.15, -0.1) is 0 Å². The summed E-state index contributed by atoms with van der Waals surface area (Å²) in [5, 5.41) is 0.0143. The smallest absolute Gasteiger partial charge is 0.285 e. The van der Waals surface area contributed by atoms with Gasteiger partial charge in [-0.2, -0.15) is 8.78 Å². The van der Waals surface area contributed by atoms with Crippen molar-refractivity contribution in [1.29, 1.82) is 0 Å². The zero-order valence-electron chi connectivity index (χ0n) is 10.6. The van der Waals surface area contributed by atoms with E-state index < -0.39 is 5.66 Å². The van der Waals surface area contributed by atoms with Gasteiger partial charge in [-0.3, -0.25) is 0 Å². The molecule has 1 atom stereocenters. The van der Waals surface area contributed by atoms with E-state index in [4.69, 9.17) is 16.3 Å². The van der Waals surface area contributed by atoms with E-state index >= 15 is 0 Å². The molecule has 0 heterocycles. The maximum atomic E-state index is 13.2. The fourth-order valence-corrected chi connectivity index (χ4v) is 2.02. The molecule has 0 aromatic heterocycles. The van der Waals surface area contributed by atoms with Gasteiger partial charge in [0.25, 0.3) is 5.66 Å². The van der Waals surface area contributed by atoms with E-state index in [1.807, 2.05) is 19.0 Å². The first-order valence-electron chi connectivity index (χ1n) is 5.46. The molecule has 0 radical (unpaired) electrons. The predicted molar refractivity (Wildman–Crippen MR) is 73.8 cm³/mol. The van der Waals surface area contributed by atoms with Crippen molar-refractivity contribution in [2.24, 2.45) is 0 Å². The molecule has 0 N–H and O–H groups in total. The monoisotopic (exact) mass is 295 g/mol. The molecule has 6 heteroatoms. The maximum Gasteiger partial charge on any atom is 0.285 e. The van der Waals surface area contributed by atoms with Crippen LogP contribution in [0.25, 0.3) is 0 Å². The van der Waals surface area contributed by atoms with Gasteiger partial charge in [0.1, 0.15) is 12.4 Å². The quantitative estimate of drug-likeness (QED) is 0.771. The van der Waals surface area contributed by atoms with Crippen LogP contribution in [0.3, 0.4) is 0 Å². The Morgan fingerprint density at radius 2 is 2.00 bits per heavy atom. The summed E-state index contributed by atoms with van der Waals surface area (Å²) in [4.78, 5) is 1.97. The average molecular weight is 296 g/mol. The lowest BCUT2D eigenvalue weighted by atomic mass is 10.1. The van der Waals surface area contributed by atoms with Crippen molar-refractivity contribution >= 4 is 20.8 Å². The van der Waals surface area contributed by atoms with Crippen molar-refractivity contribution in [3.05, 3.63) is 28.3 Å². The Bertz CT molecular complexity index is 421. The van der Waals surface area contributed by atoms with Crippen molar-refractivity contribution in [2.75, 3.05) is 27.2 Å². The molecule has 0 saturated carbocycles. The van der Waals surface area contributed by atoms with E-state index in [0.717, 1.165) is 6.54 Å². The van der Waals surface area contributed by atoms with Crippen LogP contribution in [-0.4, -0.2) is 32.1 Å². The zero-order valence-corrected chi connectivity index (χ0v) is 12.5. The summed E-state index contributed by atoms with van der Waals surface area (Å²) < 4.78 is 32.0. The van der Waals surface area contributed by atoms with Gasteiger partial charge >= 0.3 is 0 Å². The van der Waals surface area contributed by atoms with Crippen LogP contribution in [0, 0.1) is 6.92 Å². The number of ether oxygens (including phenoxy) is 1. The highest BCUT2D eigenvalue weighted by molar-refractivity contribution is 7.17. The Morgan fingerprint density at radius 1 is 1.39 bits per heavy atom. The zero-order chi connectivity index (χ0) is 13.9. The van der Waals surface area contributed by atoms with E-state index in [9.17, 15) is 8.78 Å². The van der Waals surface area contributed by atoms with Gasteiger partial charge in [0.05, 0.1) is 5.02 Å². The third-order valence-corrected chi connectivity index (χ3v) is 3.04. The van der Waals surface area contributed by atoms with Crippen molar-refractivity contribution < 1.29 is 13.5 Å². The third kappa shape index (κ3) is 4.34. The van der Waals surface area contributed by atoms with E-state index in [1.165, 1.54) is 21.4 Å². The molecule has 0 amide bonds. The summed E-state index contributed by atoms with van der Waals surface area (Å²) in [5.74, 6) is 0.542. The molecule has 1 unspecified atom stereocenters. The molecule has 1 aromatic carbocycles. The number of hydrogen-bond acceptors (Lipinski definition) is 2. The SMILES string of the molecule is Cc1cc(C(F)(F)P)c(Cl)cc1OCCN(C)C. The molecule has 2 nitrogen and oxygen atoms in total. The second-order valence-electron chi connectivity index (χ2n) is 4.37. The van der Waals surface area contributed by atoms with E-state index in [0.29, 0.717) is 17.9 Å². The normalized spacial score (nSPS) is 12.0. The second kappa shape index (κ2) is 6.14. The van der Waals surface area contributed by atoms with Crippen LogP contribution < -0.4 is 4.74 Å².